The second-order valence-corrected chi connectivity index (χ2v) is 6.99. The molecule has 0 fully saturated rings. The molecule has 0 aliphatic rings. The normalized spacial score (nSPS) is 11.9. The molecule has 2 aromatic rings. The van der Waals surface area contributed by atoms with E-state index in [-0.39, 0.29) is 10.9 Å². The summed E-state index contributed by atoms with van der Waals surface area (Å²) in [6.07, 6.45) is 1.56. The van der Waals surface area contributed by atoms with Gasteiger partial charge in [0.15, 0.2) is 0 Å². The lowest BCUT2D eigenvalue weighted by Gasteiger charge is -2.15. The van der Waals surface area contributed by atoms with E-state index in [0.717, 1.165) is 5.56 Å². The summed E-state index contributed by atoms with van der Waals surface area (Å²) < 4.78 is 29.4. The Morgan fingerprint density at radius 3 is 2.57 bits per heavy atom. The van der Waals surface area contributed by atoms with Gasteiger partial charge >= 0.3 is 0 Å². The molecule has 1 aromatic carbocycles. The molecular formula is C14H20N4O2S. The summed E-state index contributed by atoms with van der Waals surface area (Å²) in [4.78, 5) is 0.191. The van der Waals surface area contributed by atoms with Crippen molar-refractivity contribution in [2.75, 3.05) is 10.5 Å². The quantitative estimate of drug-likeness (QED) is 0.849. The molecule has 7 heteroatoms. The van der Waals surface area contributed by atoms with Gasteiger partial charge in [-0.15, -0.1) is 0 Å². The van der Waals surface area contributed by atoms with Crippen LogP contribution in [0.15, 0.2) is 29.3 Å². The summed E-state index contributed by atoms with van der Waals surface area (Å²) in [5.74, 6) is 0.435. The second-order valence-electron chi connectivity index (χ2n) is 5.34. The molecule has 21 heavy (non-hydrogen) atoms. The monoisotopic (exact) mass is 308 g/mol. The Morgan fingerprint density at radius 2 is 1.95 bits per heavy atom. The number of hydrogen-bond donors (Lipinski definition) is 2. The highest BCUT2D eigenvalue weighted by molar-refractivity contribution is 7.92. The van der Waals surface area contributed by atoms with Gasteiger partial charge < -0.3 is 5.73 Å². The molecule has 0 bridgehead atoms. The summed E-state index contributed by atoms with van der Waals surface area (Å²) in [6, 6.07) is 5.06. The van der Waals surface area contributed by atoms with Crippen LogP contribution in [-0.4, -0.2) is 18.2 Å². The fourth-order valence-electron chi connectivity index (χ4n) is 2.13. The smallest absolute Gasteiger partial charge is 0.263 e. The maximum atomic E-state index is 12.6. The highest BCUT2D eigenvalue weighted by atomic mass is 32.2. The molecule has 0 saturated carbocycles. The molecular weight excluding hydrogens is 288 g/mol. The van der Waals surface area contributed by atoms with E-state index in [1.165, 1.54) is 0 Å². The molecule has 0 amide bonds. The fourth-order valence-corrected chi connectivity index (χ4v) is 3.54. The van der Waals surface area contributed by atoms with Crippen LogP contribution in [0.5, 0.6) is 0 Å². The maximum absolute atomic E-state index is 12.6. The van der Waals surface area contributed by atoms with E-state index in [1.807, 2.05) is 20.8 Å². The average Bonchev–Trinajstić information content (AvgIpc) is 2.81. The first-order valence-corrected chi connectivity index (χ1v) is 8.13. The number of rotatable bonds is 4. The highest BCUT2D eigenvalue weighted by Gasteiger charge is 2.21. The summed E-state index contributed by atoms with van der Waals surface area (Å²) in [7, 11) is -3.71. The molecule has 114 valence electrons. The molecule has 2 rings (SSSR count). The minimum Gasteiger partial charge on any atom is -0.398 e. The lowest BCUT2D eigenvalue weighted by Crippen LogP contribution is -2.18. The Kier molecular flexibility index (Phi) is 3.95. The predicted octanol–water partition coefficient (Wildman–Crippen LogP) is 2.46. The first-order chi connectivity index (χ1) is 9.72. The average molecular weight is 308 g/mol. The van der Waals surface area contributed by atoms with E-state index in [4.69, 9.17) is 5.73 Å². The topological polar surface area (TPSA) is 90.0 Å². The van der Waals surface area contributed by atoms with Gasteiger partial charge in [0.25, 0.3) is 10.0 Å². The molecule has 0 atom stereocenters. The Labute approximate surface area is 125 Å². The third-order valence-corrected chi connectivity index (χ3v) is 4.71. The molecule has 0 spiro atoms. The zero-order valence-corrected chi connectivity index (χ0v) is 13.4. The Balaban J connectivity index is 2.46. The van der Waals surface area contributed by atoms with Crippen molar-refractivity contribution in [3.8, 4) is 0 Å². The predicted molar refractivity (Wildman–Crippen MR) is 83.7 cm³/mol. The summed E-state index contributed by atoms with van der Waals surface area (Å²) in [5.41, 5.74) is 7.67. The van der Waals surface area contributed by atoms with Crippen molar-refractivity contribution in [2.24, 2.45) is 0 Å². The number of hydrogen-bond acceptors (Lipinski definition) is 4. The van der Waals surface area contributed by atoms with Crippen molar-refractivity contribution in [2.45, 2.75) is 38.6 Å². The minimum atomic E-state index is -3.71. The van der Waals surface area contributed by atoms with Gasteiger partial charge in [0.1, 0.15) is 5.82 Å². The molecule has 0 saturated heterocycles. The van der Waals surface area contributed by atoms with Crippen molar-refractivity contribution >= 4 is 21.5 Å². The van der Waals surface area contributed by atoms with Gasteiger partial charge in [-0.2, -0.15) is 5.10 Å². The van der Waals surface area contributed by atoms with Crippen molar-refractivity contribution in [3.05, 3.63) is 35.5 Å². The lowest BCUT2D eigenvalue weighted by molar-refractivity contribution is 0.539. The molecule has 1 heterocycles. The summed E-state index contributed by atoms with van der Waals surface area (Å²) in [6.45, 7) is 7.37. The van der Waals surface area contributed by atoms with Gasteiger partial charge in [0.05, 0.1) is 11.1 Å². The van der Waals surface area contributed by atoms with Crippen molar-refractivity contribution in [3.63, 3.8) is 0 Å². The number of nitrogens with one attached hydrogen (secondary N) is 1. The van der Waals surface area contributed by atoms with Gasteiger partial charge in [0.2, 0.25) is 0 Å². The van der Waals surface area contributed by atoms with E-state index in [1.54, 1.807) is 36.0 Å². The van der Waals surface area contributed by atoms with Gasteiger partial charge in [-0.1, -0.05) is 0 Å². The maximum Gasteiger partial charge on any atom is 0.263 e. The first kappa shape index (κ1) is 15.4. The highest BCUT2D eigenvalue weighted by Crippen LogP contribution is 2.25. The van der Waals surface area contributed by atoms with Crippen LogP contribution in [0.2, 0.25) is 0 Å². The molecule has 6 nitrogen and oxygen atoms in total. The number of nitrogens with zero attached hydrogens (tertiary/aromatic N) is 2. The number of nitrogens with two attached hydrogens (primary N) is 1. The SMILES string of the molecule is Cc1cc(N)c(C)c(S(=O)(=O)Nc2ccnn2C(C)C)c1. The fraction of sp³-hybridized carbons (Fsp3) is 0.357. The Hall–Kier alpha value is -2.02. The van der Waals surface area contributed by atoms with E-state index in [0.29, 0.717) is 17.1 Å². The van der Waals surface area contributed by atoms with Crippen LogP contribution >= 0.6 is 0 Å². The first-order valence-electron chi connectivity index (χ1n) is 6.65. The zero-order valence-electron chi connectivity index (χ0n) is 12.6. The largest absolute Gasteiger partial charge is 0.398 e. The number of aromatic nitrogens is 2. The third-order valence-electron chi connectivity index (χ3n) is 3.23. The van der Waals surface area contributed by atoms with Gasteiger partial charge in [-0.25, -0.2) is 13.1 Å². The van der Waals surface area contributed by atoms with E-state index in [9.17, 15) is 8.42 Å². The molecule has 0 aliphatic carbocycles. The van der Waals surface area contributed by atoms with Crippen LogP contribution in [0.3, 0.4) is 0 Å². The molecule has 1 aromatic heterocycles. The number of nitrogen functional groups attached to an aromatic ring is 1. The zero-order chi connectivity index (χ0) is 15.8. The molecule has 0 unspecified atom stereocenters. The van der Waals surface area contributed by atoms with Gasteiger partial charge in [-0.05, 0) is 51.0 Å². The lowest BCUT2D eigenvalue weighted by atomic mass is 10.1. The third kappa shape index (κ3) is 3.02. The van der Waals surface area contributed by atoms with Crippen LogP contribution in [0.25, 0.3) is 0 Å². The van der Waals surface area contributed by atoms with E-state index >= 15 is 0 Å². The van der Waals surface area contributed by atoms with Crippen LogP contribution < -0.4 is 10.5 Å². The number of sulfonamides is 1. The Bertz CT molecular complexity index is 763. The molecule has 0 radical (unpaired) electrons. The standard InChI is InChI=1S/C14H20N4O2S/c1-9(2)18-14(5-6-16-18)17-21(19,20)13-8-10(3)7-12(15)11(13)4/h5-9,17H,15H2,1-4H3. The van der Waals surface area contributed by atoms with Crippen LogP contribution in [0.1, 0.15) is 31.0 Å². The minimum absolute atomic E-state index is 0.0568. The van der Waals surface area contributed by atoms with Crippen LogP contribution in [0.4, 0.5) is 11.5 Å². The number of aryl methyl sites for hydroxylation is 1. The van der Waals surface area contributed by atoms with E-state index in [2.05, 4.69) is 9.82 Å². The van der Waals surface area contributed by atoms with E-state index < -0.39 is 10.0 Å². The Morgan fingerprint density at radius 1 is 1.29 bits per heavy atom. The van der Waals surface area contributed by atoms with Gasteiger partial charge in [0, 0.05) is 17.8 Å². The second kappa shape index (κ2) is 5.40. The molecule has 0 aliphatic heterocycles. The van der Waals surface area contributed by atoms with Crippen molar-refractivity contribution in [1.29, 1.82) is 0 Å². The van der Waals surface area contributed by atoms with Crippen LogP contribution in [-0.2, 0) is 10.0 Å². The van der Waals surface area contributed by atoms with Crippen LogP contribution in [0, 0.1) is 13.8 Å². The van der Waals surface area contributed by atoms with Gasteiger partial charge in [-0.3, -0.25) is 4.72 Å². The summed E-state index contributed by atoms with van der Waals surface area (Å²) >= 11 is 0. The number of anilines is 2. The van der Waals surface area contributed by atoms with Crippen molar-refractivity contribution < 1.29 is 8.42 Å². The van der Waals surface area contributed by atoms with Crippen molar-refractivity contribution in [1.82, 2.24) is 9.78 Å². The molecule has 3 N–H and O–H groups in total. The summed E-state index contributed by atoms with van der Waals surface area (Å²) in [5, 5.41) is 4.12. The number of benzene rings is 1.